The number of carbonyl (C=O) groups is 1. The number of nitrogens with one attached hydrogen (secondary N) is 1. The first-order valence-corrected chi connectivity index (χ1v) is 12.7. The second-order valence-electron chi connectivity index (χ2n) is 9.07. The second kappa shape index (κ2) is 13.4. The summed E-state index contributed by atoms with van der Waals surface area (Å²) in [6.07, 6.45) is 9.76. The molecule has 0 fully saturated rings. The van der Waals surface area contributed by atoms with Gasteiger partial charge in [0.15, 0.2) is 0 Å². The van der Waals surface area contributed by atoms with Crippen LogP contribution in [0.2, 0.25) is 0 Å². The van der Waals surface area contributed by atoms with Gasteiger partial charge in [0, 0.05) is 30.3 Å². The molecular formula is C32H31N5O. The Morgan fingerprint density at radius 3 is 2.45 bits per heavy atom. The van der Waals surface area contributed by atoms with E-state index in [-0.39, 0.29) is 17.2 Å². The number of nitrogens with zero attached hydrogens (tertiary/aromatic N) is 4. The summed E-state index contributed by atoms with van der Waals surface area (Å²) >= 11 is 0. The van der Waals surface area contributed by atoms with E-state index in [2.05, 4.69) is 28.1 Å². The van der Waals surface area contributed by atoms with Gasteiger partial charge in [-0.05, 0) is 43.2 Å². The maximum absolute atomic E-state index is 12.0. The number of fused-ring (bicyclic) bond motifs is 1. The predicted octanol–water partition coefficient (Wildman–Crippen LogP) is 7.06. The summed E-state index contributed by atoms with van der Waals surface area (Å²) in [5, 5.41) is 22.7. The highest BCUT2D eigenvalue weighted by atomic mass is 16.1. The molecule has 3 rings (SSSR count). The van der Waals surface area contributed by atoms with Crippen molar-refractivity contribution in [2.45, 2.75) is 46.5 Å². The van der Waals surface area contributed by atoms with Crippen LogP contribution in [0.5, 0.6) is 0 Å². The van der Waals surface area contributed by atoms with Crippen LogP contribution in [0.15, 0.2) is 83.7 Å². The molecule has 38 heavy (non-hydrogen) atoms. The molecule has 0 bridgehead atoms. The molecule has 6 heteroatoms. The number of unbranched alkanes of at least 4 members (excludes halogenated alkanes) is 3. The largest absolute Gasteiger partial charge is 0.341 e. The number of anilines is 1. The molecule has 1 amide bonds. The highest BCUT2D eigenvalue weighted by Gasteiger charge is 2.23. The van der Waals surface area contributed by atoms with Gasteiger partial charge in [-0.3, -0.25) is 4.79 Å². The number of nitriles is 2. The van der Waals surface area contributed by atoms with Gasteiger partial charge in [-0.25, -0.2) is 10.1 Å². The van der Waals surface area contributed by atoms with Crippen LogP contribution in [0.25, 0.3) is 16.1 Å². The summed E-state index contributed by atoms with van der Waals surface area (Å²) in [7, 11) is 0. The zero-order chi connectivity index (χ0) is 27.5. The number of benzene rings is 2. The van der Waals surface area contributed by atoms with E-state index in [9.17, 15) is 15.3 Å². The normalized spacial score (nSPS) is 14.4. The Bertz CT molecular complexity index is 1420. The van der Waals surface area contributed by atoms with Gasteiger partial charge in [-0.2, -0.15) is 5.26 Å². The van der Waals surface area contributed by atoms with Gasteiger partial charge in [0.05, 0.1) is 35.7 Å². The molecule has 0 unspecified atom stereocenters. The number of carbonyl (C=O) groups excluding carboxylic acids is 1. The molecule has 6 nitrogen and oxygen atoms in total. The lowest BCUT2D eigenvalue weighted by Crippen LogP contribution is -2.30. The predicted molar refractivity (Wildman–Crippen MR) is 152 cm³/mol. The Kier molecular flexibility index (Phi) is 9.81. The van der Waals surface area contributed by atoms with Crippen LogP contribution in [0.4, 0.5) is 5.69 Å². The molecule has 2 aromatic carbocycles. The van der Waals surface area contributed by atoms with Gasteiger partial charge < -0.3 is 10.2 Å². The zero-order valence-corrected chi connectivity index (χ0v) is 22.1. The minimum atomic E-state index is -0.171. The third-order valence-corrected chi connectivity index (χ3v) is 6.24. The van der Waals surface area contributed by atoms with E-state index >= 15 is 0 Å². The van der Waals surface area contributed by atoms with Gasteiger partial charge in [0.25, 0.3) is 5.70 Å². The lowest BCUT2D eigenvalue weighted by molar-refractivity contribution is -0.117. The van der Waals surface area contributed by atoms with E-state index in [1.165, 1.54) is 6.92 Å². The van der Waals surface area contributed by atoms with Crippen molar-refractivity contribution in [1.29, 1.82) is 10.5 Å². The zero-order valence-electron chi connectivity index (χ0n) is 22.1. The monoisotopic (exact) mass is 501 g/mol. The lowest BCUT2D eigenvalue weighted by Gasteiger charge is -2.33. The van der Waals surface area contributed by atoms with Crippen LogP contribution in [-0.4, -0.2) is 12.5 Å². The van der Waals surface area contributed by atoms with Crippen molar-refractivity contribution in [2.24, 2.45) is 0 Å². The Hall–Kier alpha value is -4.86. The molecule has 0 radical (unpaired) electrons. The Morgan fingerprint density at radius 2 is 1.82 bits per heavy atom. The van der Waals surface area contributed by atoms with E-state index in [1.54, 1.807) is 6.08 Å². The number of rotatable bonds is 9. The molecule has 0 aromatic heterocycles. The van der Waals surface area contributed by atoms with Crippen LogP contribution in [-0.2, 0) is 4.79 Å². The number of para-hydroxylation sites is 1. The highest BCUT2D eigenvalue weighted by molar-refractivity contribution is 5.92. The Morgan fingerprint density at radius 1 is 1.08 bits per heavy atom. The number of hydrogen-bond acceptors (Lipinski definition) is 4. The molecule has 1 aliphatic rings. The number of hydrogen-bond donors (Lipinski definition) is 1. The van der Waals surface area contributed by atoms with Crippen molar-refractivity contribution in [3.05, 3.63) is 112 Å². The Balaban J connectivity index is 2.16. The van der Waals surface area contributed by atoms with E-state index in [0.717, 1.165) is 54.7 Å². The highest BCUT2D eigenvalue weighted by Crippen LogP contribution is 2.35. The standard InChI is InChI=1S/C32H31N5O/c1-5-6-7-10-19-37-27(20-29(36-24(3)38)28-11-8-9-12-31(28)37)18-17-26(21-33)32(30(22-34)35-4)25-15-13-23(2)14-16-25/h8-9,11-18,20H,5-7,10,19H2,1-3H3,(H,36,38)/b26-17?,27-18?,32-30-. The van der Waals surface area contributed by atoms with Crippen molar-refractivity contribution in [1.82, 2.24) is 5.32 Å². The minimum Gasteiger partial charge on any atom is -0.341 e. The SMILES string of the molecule is [C-]#[N+]/C(C#N)=C(\C(C#N)=CC=C1C=C(NC(C)=O)c2ccccc2N1CCCCCC)c1ccc(C)cc1. The first kappa shape index (κ1) is 27.7. The maximum atomic E-state index is 12.0. The third-order valence-electron chi connectivity index (χ3n) is 6.24. The third kappa shape index (κ3) is 6.67. The fourth-order valence-electron chi connectivity index (χ4n) is 4.38. The fourth-order valence-corrected chi connectivity index (χ4v) is 4.38. The molecule has 1 aliphatic heterocycles. The lowest BCUT2D eigenvalue weighted by atomic mass is 9.95. The summed E-state index contributed by atoms with van der Waals surface area (Å²) in [6.45, 7) is 13.9. The fraction of sp³-hybridized carbons (Fsp3) is 0.250. The first-order chi connectivity index (χ1) is 18.4. The van der Waals surface area contributed by atoms with Crippen LogP contribution in [0.3, 0.4) is 0 Å². The number of allylic oxidation sites excluding steroid dienone is 6. The van der Waals surface area contributed by atoms with Gasteiger partial charge in [-0.1, -0.05) is 74.2 Å². The van der Waals surface area contributed by atoms with Gasteiger partial charge in [0.1, 0.15) is 0 Å². The number of amides is 1. The molecule has 0 atom stereocenters. The van der Waals surface area contributed by atoms with Crippen molar-refractivity contribution >= 4 is 22.9 Å². The van der Waals surface area contributed by atoms with E-state index in [1.807, 2.05) is 73.7 Å². The van der Waals surface area contributed by atoms with Crippen LogP contribution in [0, 0.1) is 36.2 Å². The molecular weight excluding hydrogens is 470 g/mol. The molecule has 1 heterocycles. The molecule has 0 aliphatic carbocycles. The Labute approximate surface area is 225 Å². The summed E-state index contributed by atoms with van der Waals surface area (Å²) < 4.78 is 0. The molecule has 0 saturated carbocycles. The van der Waals surface area contributed by atoms with E-state index in [4.69, 9.17) is 6.57 Å². The average molecular weight is 502 g/mol. The van der Waals surface area contributed by atoms with Crippen molar-refractivity contribution in [3.8, 4) is 12.1 Å². The van der Waals surface area contributed by atoms with Crippen LogP contribution >= 0.6 is 0 Å². The summed E-state index contributed by atoms with van der Waals surface area (Å²) in [5.41, 5.74) is 5.45. The molecule has 190 valence electrons. The summed E-state index contributed by atoms with van der Waals surface area (Å²) in [4.78, 5) is 17.6. The second-order valence-corrected chi connectivity index (χ2v) is 9.07. The van der Waals surface area contributed by atoms with Gasteiger partial charge in [0.2, 0.25) is 5.91 Å². The molecule has 0 saturated heterocycles. The average Bonchev–Trinajstić information content (AvgIpc) is 2.92. The minimum absolute atomic E-state index is 0.139. The summed E-state index contributed by atoms with van der Waals surface area (Å²) in [5.74, 6) is -0.171. The topological polar surface area (TPSA) is 84.3 Å². The van der Waals surface area contributed by atoms with Crippen molar-refractivity contribution in [3.63, 3.8) is 0 Å². The van der Waals surface area contributed by atoms with Gasteiger partial charge >= 0.3 is 0 Å². The van der Waals surface area contributed by atoms with E-state index < -0.39 is 0 Å². The maximum Gasteiger partial charge on any atom is 0.270 e. The summed E-state index contributed by atoms with van der Waals surface area (Å²) in [6, 6.07) is 19.5. The molecule has 2 aromatic rings. The first-order valence-electron chi connectivity index (χ1n) is 12.7. The van der Waals surface area contributed by atoms with Crippen LogP contribution in [0.1, 0.15) is 56.2 Å². The molecule has 0 spiro atoms. The number of aryl methyl sites for hydroxylation is 1. The van der Waals surface area contributed by atoms with Crippen molar-refractivity contribution < 1.29 is 4.79 Å². The van der Waals surface area contributed by atoms with Crippen molar-refractivity contribution in [2.75, 3.05) is 11.4 Å². The van der Waals surface area contributed by atoms with Gasteiger partial charge in [-0.15, -0.1) is 0 Å². The molecule has 1 N–H and O–H groups in total. The van der Waals surface area contributed by atoms with Crippen LogP contribution < -0.4 is 10.2 Å². The quantitative estimate of drug-likeness (QED) is 0.172. The smallest absolute Gasteiger partial charge is 0.270 e. The van der Waals surface area contributed by atoms with E-state index in [0.29, 0.717) is 16.8 Å².